The third-order valence-corrected chi connectivity index (χ3v) is 1.54. The fourth-order valence-electron chi connectivity index (χ4n) is 0.876. The van der Waals surface area contributed by atoms with Gasteiger partial charge in [0.15, 0.2) is 0 Å². The number of hydrogen-bond donors (Lipinski definition) is 1. The second-order valence-corrected chi connectivity index (χ2v) is 2.70. The van der Waals surface area contributed by atoms with Gasteiger partial charge in [0.05, 0.1) is 7.11 Å². The minimum atomic E-state index is -1.29. The summed E-state index contributed by atoms with van der Waals surface area (Å²) in [4.78, 5) is 27.7. The highest BCUT2D eigenvalue weighted by molar-refractivity contribution is 5.84. The Balaban J connectivity index is 4.46. The van der Waals surface area contributed by atoms with Gasteiger partial charge in [-0.25, -0.2) is 4.79 Å². The van der Waals surface area contributed by atoms with Crippen LogP contribution in [0.3, 0.4) is 0 Å². The molecule has 0 radical (unpaired) electrons. The van der Waals surface area contributed by atoms with Gasteiger partial charge in [-0.1, -0.05) is 0 Å². The number of rotatable bonds is 3. The van der Waals surface area contributed by atoms with Crippen molar-refractivity contribution in [1.29, 1.82) is 0 Å². The highest BCUT2D eigenvalue weighted by Gasteiger charge is 2.26. The van der Waals surface area contributed by atoms with Crippen molar-refractivity contribution in [1.82, 2.24) is 9.96 Å². The molecular formula is C7H14N2O4. The Bertz CT molecular complexity index is 205. The first kappa shape index (κ1) is 11.7. The lowest BCUT2D eigenvalue weighted by Crippen LogP contribution is -2.46. The number of nitrogens with zero attached hydrogens (tertiary/aromatic N) is 2. The molecule has 0 unspecified atom stereocenters. The SMILES string of the molecule is CON(C(=O)O)[C@@H](C)C(=O)N(C)C. The maximum atomic E-state index is 11.3. The van der Waals surface area contributed by atoms with Crippen LogP contribution in [0.15, 0.2) is 0 Å². The van der Waals surface area contributed by atoms with Crippen LogP contribution < -0.4 is 0 Å². The normalized spacial score (nSPS) is 12.0. The fourth-order valence-corrected chi connectivity index (χ4v) is 0.876. The lowest BCUT2D eigenvalue weighted by molar-refractivity contribution is -0.159. The summed E-state index contributed by atoms with van der Waals surface area (Å²) in [5.74, 6) is -0.329. The number of carboxylic acid groups (broad SMARTS) is 1. The summed E-state index contributed by atoms with van der Waals surface area (Å²) in [6.45, 7) is 1.46. The van der Waals surface area contributed by atoms with E-state index in [1.165, 1.54) is 18.9 Å². The van der Waals surface area contributed by atoms with Gasteiger partial charge in [-0.3, -0.25) is 9.63 Å². The van der Waals surface area contributed by atoms with Crippen molar-refractivity contribution in [3.05, 3.63) is 0 Å². The molecule has 0 aromatic rings. The zero-order valence-electron chi connectivity index (χ0n) is 8.14. The number of likely N-dealkylation sites (N-methyl/N-ethyl adjacent to an activating group) is 1. The minimum absolute atomic E-state index is 0.329. The molecule has 0 rings (SSSR count). The van der Waals surface area contributed by atoms with Gasteiger partial charge in [-0.05, 0) is 6.92 Å². The first-order valence-electron chi connectivity index (χ1n) is 3.69. The van der Waals surface area contributed by atoms with Crippen LogP contribution in [0, 0.1) is 0 Å². The van der Waals surface area contributed by atoms with E-state index in [0.29, 0.717) is 5.06 Å². The van der Waals surface area contributed by atoms with Crippen molar-refractivity contribution >= 4 is 12.0 Å². The van der Waals surface area contributed by atoms with Gasteiger partial charge in [0, 0.05) is 14.1 Å². The van der Waals surface area contributed by atoms with Crippen LogP contribution in [0.25, 0.3) is 0 Å². The van der Waals surface area contributed by atoms with Crippen LogP contribution in [0.4, 0.5) is 4.79 Å². The molecule has 0 saturated heterocycles. The van der Waals surface area contributed by atoms with E-state index < -0.39 is 12.1 Å². The minimum Gasteiger partial charge on any atom is -0.463 e. The molecule has 6 nitrogen and oxygen atoms in total. The van der Waals surface area contributed by atoms with Crippen LogP contribution in [0.2, 0.25) is 0 Å². The predicted octanol–water partition coefficient (Wildman–Crippen LogP) is 0.00450. The molecule has 1 atom stereocenters. The molecule has 0 aliphatic carbocycles. The van der Waals surface area contributed by atoms with Gasteiger partial charge in [0.2, 0.25) is 5.91 Å². The Kier molecular flexibility index (Phi) is 4.19. The van der Waals surface area contributed by atoms with E-state index in [9.17, 15) is 9.59 Å². The van der Waals surface area contributed by atoms with Crippen molar-refractivity contribution in [2.75, 3.05) is 21.2 Å². The fraction of sp³-hybridized carbons (Fsp3) is 0.714. The van der Waals surface area contributed by atoms with E-state index in [2.05, 4.69) is 4.84 Å². The van der Waals surface area contributed by atoms with Crippen LogP contribution in [-0.4, -0.2) is 54.3 Å². The van der Waals surface area contributed by atoms with Gasteiger partial charge < -0.3 is 10.0 Å². The molecule has 0 saturated carbocycles. The molecule has 0 fully saturated rings. The number of hydroxylamine groups is 2. The first-order chi connectivity index (χ1) is 5.91. The van der Waals surface area contributed by atoms with Crippen LogP contribution in [0.1, 0.15) is 6.92 Å². The van der Waals surface area contributed by atoms with E-state index in [1.54, 1.807) is 14.1 Å². The second-order valence-electron chi connectivity index (χ2n) is 2.70. The first-order valence-corrected chi connectivity index (χ1v) is 3.69. The van der Waals surface area contributed by atoms with Gasteiger partial charge in [-0.15, -0.1) is 0 Å². The van der Waals surface area contributed by atoms with Gasteiger partial charge in [-0.2, -0.15) is 5.06 Å². The van der Waals surface area contributed by atoms with E-state index in [-0.39, 0.29) is 5.91 Å². The van der Waals surface area contributed by atoms with Gasteiger partial charge in [0.25, 0.3) is 0 Å². The third-order valence-electron chi connectivity index (χ3n) is 1.54. The third kappa shape index (κ3) is 2.90. The standard InChI is InChI=1S/C7H14N2O4/c1-5(6(10)8(2)3)9(13-4)7(11)12/h5H,1-4H3,(H,11,12)/t5-/m0/s1. The Morgan fingerprint density at radius 2 is 1.85 bits per heavy atom. The summed E-state index contributed by atoms with van der Waals surface area (Å²) in [6.07, 6.45) is -1.29. The summed E-state index contributed by atoms with van der Waals surface area (Å²) in [6, 6.07) is -0.836. The zero-order chi connectivity index (χ0) is 10.6. The molecule has 0 aliphatic rings. The lowest BCUT2D eigenvalue weighted by Gasteiger charge is -2.24. The smallest absolute Gasteiger partial charge is 0.432 e. The van der Waals surface area contributed by atoms with Crippen LogP contribution >= 0.6 is 0 Å². The monoisotopic (exact) mass is 190 g/mol. The lowest BCUT2D eigenvalue weighted by atomic mass is 10.3. The molecule has 1 N–H and O–H groups in total. The van der Waals surface area contributed by atoms with E-state index in [1.807, 2.05) is 0 Å². The van der Waals surface area contributed by atoms with Gasteiger partial charge >= 0.3 is 6.09 Å². The molecule has 0 aromatic carbocycles. The average molecular weight is 190 g/mol. The van der Waals surface area contributed by atoms with E-state index >= 15 is 0 Å². The van der Waals surface area contributed by atoms with Crippen molar-refractivity contribution in [3.63, 3.8) is 0 Å². The van der Waals surface area contributed by atoms with Crippen molar-refractivity contribution in [2.45, 2.75) is 13.0 Å². The summed E-state index contributed by atoms with van der Waals surface area (Å²) >= 11 is 0. The highest BCUT2D eigenvalue weighted by Crippen LogP contribution is 2.02. The summed E-state index contributed by atoms with van der Waals surface area (Å²) in [5.41, 5.74) is 0. The molecular weight excluding hydrogens is 176 g/mol. The number of amides is 2. The number of carbonyl (C=O) groups excluding carboxylic acids is 1. The number of carbonyl (C=O) groups is 2. The summed E-state index contributed by atoms with van der Waals surface area (Å²) < 4.78 is 0. The van der Waals surface area contributed by atoms with Crippen LogP contribution in [-0.2, 0) is 9.63 Å². The Morgan fingerprint density at radius 3 is 2.08 bits per heavy atom. The largest absolute Gasteiger partial charge is 0.463 e. The molecule has 76 valence electrons. The van der Waals surface area contributed by atoms with E-state index in [4.69, 9.17) is 5.11 Å². The van der Waals surface area contributed by atoms with E-state index in [0.717, 1.165) is 0 Å². The van der Waals surface area contributed by atoms with Crippen molar-refractivity contribution in [3.8, 4) is 0 Å². The zero-order valence-corrected chi connectivity index (χ0v) is 8.14. The summed E-state index contributed by atoms with van der Waals surface area (Å²) in [5, 5.41) is 9.20. The topological polar surface area (TPSA) is 70.1 Å². The molecule has 6 heteroatoms. The molecule has 0 heterocycles. The van der Waals surface area contributed by atoms with Crippen LogP contribution in [0.5, 0.6) is 0 Å². The maximum Gasteiger partial charge on any atom is 0.432 e. The Morgan fingerprint density at radius 1 is 1.38 bits per heavy atom. The second kappa shape index (κ2) is 4.66. The molecule has 13 heavy (non-hydrogen) atoms. The Hall–Kier alpha value is -1.30. The molecule has 0 aliphatic heterocycles. The van der Waals surface area contributed by atoms with Gasteiger partial charge in [0.1, 0.15) is 6.04 Å². The number of hydrogen-bond acceptors (Lipinski definition) is 3. The predicted molar refractivity (Wildman–Crippen MR) is 45.0 cm³/mol. The summed E-state index contributed by atoms with van der Waals surface area (Å²) in [7, 11) is 4.30. The molecule has 0 spiro atoms. The molecule has 0 aromatic heterocycles. The molecule has 2 amide bonds. The van der Waals surface area contributed by atoms with Crippen molar-refractivity contribution < 1.29 is 19.5 Å². The Labute approximate surface area is 76.6 Å². The maximum absolute atomic E-state index is 11.3. The molecule has 0 bridgehead atoms. The highest BCUT2D eigenvalue weighted by atomic mass is 16.7. The van der Waals surface area contributed by atoms with Crippen molar-refractivity contribution in [2.24, 2.45) is 0 Å². The average Bonchev–Trinajstić information content (AvgIpc) is 2.03. The quantitative estimate of drug-likeness (QED) is 0.636.